The molecular formula is C28H21ClN6O2. The highest BCUT2D eigenvalue weighted by Crippen LogP contribution is 2.24. The van der Waals surface area contributed by atoms with E-state index in [-0.39, 0.29) is 16.9 Å². The summed E-state index contributed by atoms with van der Waals surface area (Å²) in [4.78, 5) is 21.7. The van der Waals surface area contributed by atoms with Crippen molar-refractivity contribution in [1.29, 1.82) is 5.26 Å². The van der Waals surface area contributed by atoms with Crippen LogP contribution in [0.25, 0.3) is 21.9 Å². The van der Waals surface area contributed by atoms with Crippen molar-refractivity contribution in [3.05, 3.63) is 99.5 Å². The lowest BCUT2D eigenvalue weighted by Gasteiger charge is -2.10. The third kappa shape index (κ3) is 4.73. The molecule has 0 spiro atoms. The zero-order chi connectivity index (χ0) is 26.1. The predicted octanol–water partition coefficient (Wildman–Crippen LogP) is 5.24. The fourth-order valence-electron chi connectivity index (χ4n) is 4.08. The molecular weight excluding hydrogens is 488 g/mol. The molecule has 0 saturated heterocycles. The summed E-state index contributed by atoms with van der Waals surface area (Å²) in [5.41, 5.74) is 8.99. The molecule has 0 aliphatic heterocycles. The maximum atomic E-state index is 12.4. The van der Waals surface area contributed by atoms with Gasteiger partial charge in [0, 0.05) is 28.2 Å². The highest BCUT2D eigenvalue weighted by molar-refractivity contribution is 6.30. The van der Waals surface area contributed by atoms with Crippen LogP contribution in [0.5, 0.6) is 5.75 Å². The molecule has 3 aromatic carbocycles. The minimum absolute atomic E-state index is 0.0178. The molecule has 0 fully saturated rings. The van der Waals surface area contributed by atoms with Crippen molar-refractivity contribution in [2.75, 3.05) is 0 Å². The summed E-state index contributed by atoms with van der Waals surface area (Å²) in [6.45, 7) is 4.52. The second-order valence-electron chi connectivity index (χ2n) is 8.65. The number of phenolic OH excluding ortho intramolecular Hbond substituents is 1. The van der Waals surface area contributed by atoms with Crippen LogP contribution in [0, 0.1) is 25.2 Å². The topological polar surface area (TPSA) is 116 Å². The van der Waals surface area contributed by atoms with E-state index in [1.807, 2.05) is 67.1 Å². The van der Waals surface area contributed by atoms with Gasteiger partial charge in [-0.05, 0) is 67.4 Å². The number of aromatic nitrogens is 3. The van der Waals surface area contributed by atoms with Gasteiger partial charge < -0.3 is 9.67 Å². The lowest BCUT2D eigenvalue weighted by atomic mass is 10.1. The Hall–Kier alpha value is -4.74. The number of nitriles is 1. The number of aryl methyl sites for hydroxylation is 2. The van der Waals surface area contributed by atoms with Crippen LogP contribution in [-0.4, -0.2) is 31.8 Å². The summed E-state index contributed by atoms with van der Waals surface area (Å²) in [7, 11) is 0. The van der Waals surface area contributed by atoms with E-state index in [1.165, 1.54) is 18.2 Å². The van der Waals surface area contributed by atoms with Crippen molar-refractivity contribution >= 4 is 45.7 Å². The van der Waals surface area contributed by atoms with Gasteiger partial charge in [0.1, 0.15) is 11.8 Å². The SMILES string of the molecule is Cc1cc2nc(Cl)c(Cn3ccc4c(/C=N/NC(=O)c5ccc(O)c(C#N)c5)cccc43)nc2cc1C. The molecule has 0 radical (unpaired) electrons. The van der Waals surface area contributed by atoms with Crippen molar-refractivity contribution in [2.24, 2.45) is 5.10 Å². The number of aromatic hydroxyl groups is 1. The van der Waals surface area contributed by atoms with E-state index >= 15 is 0 Å². The van der Waals surface area contributed by atoms with E-state index < -0.39 is 5.91 Å². The minimum Gasteiger partial charge on any atom is -0.507 e. The first kappa shape index (κ1) is 24.0. The van der Waals surface area contributed by atoms with Crippen molar-refractivity contribution < 1.29 is 9.90 Å². The number of halogens is 1. The molecule has 9 heteroatoms. The molecule has 1 amide bonds. The number of rotatable bonds is 5. The molecule has 2 N–H and O–H groups in total. The Morgan fingerprint density at radius 1 is 1.14 bits per heavy atom. The summed E-state index contributed by atoms with van der Waals surface area (Å²) in [6, 6.07) is 17.6. The van der Waals surface area contributed by atoms with Crippen LogP contribution in [0.3, 0.4) is 0 Å². The molecule has 37 heavy (non-hydrogen) atoms. The van der Waals surface area contributed by atoms with Crippen LogP contribution in [-0.2, 0) is 6.54 Å². The number of amides is 1. The summed E-state index contributed by atoms with van der Waals surface area (Å²) >= 11 is 6.49. The number of hydrazone groups is 1. The number of nitrogens with zero attached hydrogens (tertiary/aromatic N) is 5. The Kier molecular flexibility index (Phi) is 6.30. The molecule has 0 unspecified atom stereocenters. The molecule has 182 valence electrons. The van der Waals surface area contributed by atoms with Crippen LogP contribution in [0.2, 0.25) is 5.15 Å². The Bertz CT molecular complexity index is 1770. The summed E-state index contributed by atoms with van der Waals surface area (Å²) in [6.07, 6.45) is 3.51. The van der Waals surface area contributed by atoms with E-state index in [9.17, 15) is 9.90 Å². The van der Waals surface area contributed by atoms with Crippen LogP contribution in [0.4, 0.5) is 0 Å². The Labute approximate surface area is 217 Å². The average molecular weight is 509 g/mol. The highest BCUT2D eigenvalue weighted by atomic mass is 35.5. The molecule has 0 aliphatic carbocycles. The monoisotopic (exact) mass is 508 g/mol. The number of benzene rings is 3. The van der Waals surface area contributed by atoms with Gasteiger partial charge in [0.25, 0.3) is 5.91 Å². The van der Waals surface area contributed by atoms with Gasteiger partial charge in [-0.3, -0.25) is 4.79 Å². The minimum atomic E-state index is -0.493. The Morgan fingerprint density at radius 2 is 1.89 bits per heavy atom. The van der Waals surface area contributed by atoms with Gasteiger partial charge in [-0.15, -0.1) is 0 Å². The molecule has 0 aliphatic rings. The lowest BCUT2D eigenvalue weighted by Crippen LogP contribution is -2.17. The van der Waals surface area contributed by atoms with Gasteiger partial charge >= 0.3 is 0 Å². The first-order chi connectivity index (χ1) is 17.8. The lowest BCUT2D eigenvalue weighted by molar-refractivity contribution is 0.0955. The van der Waals surface area contributed by atoms with Gasteiger partial charge in [-0.1, -0.05) is 23.7 Å². The average Bonchev–Trinajstić information content (AvgIpc) is 3.29. The normalized spacial score (nSPS) is 11.3. The van der Waals surface area contributed by atoms with Crippen LogP contribution < -0.4 is 5.43 Å². The third-order valence-corrected chi connectivity index (χ3v) is 6.52. The molecule has 0 atom stereocenters. The number of carbonyl (C=O) groups excluding carboxylic acids is 1. The summed E-state index contributed by atoms with van der Waals surface area (Å²) in [5, 5.41) is 24.0. The maximum Gasteiger partial charge on any atom is 0.271 e. The van der Waals surface area contributed by atoms with Crippen molar-refractivity contribution in [3.8, 4) is 11.8 Å². The van der Waals surface area contributed by atoms with E-state index in [2.05, 4.69) is 15.5 Å². The van der Waals surface area contributed by atoms with Gasteiger partial charge in [-0.2, -0.15) is 10.4 Å². The highest BCUT2D eigenvalue weighted by Gasteiger charge is 2.12. The molecule has 0 bridgehead atoms. The second-order valence-corrected chi connectivity index (χ2v) is 9.01. The van der Waals surface area contributed by atoms with E-state index in [0.29, 0.717) is 17.4 Å². The molecule has 0 saturated carbocycles. The van der Waals surface area contributed by atoms with Gasteiger partial charge in [0.2, 0.25) is 0 Å². The molecule has 5 rings (SSSR count). The third-order valence-electron chi connectivity index (χ3n) is 6.22. The van der Waals surface area contributed by atoms with E-state index in [0.717, 1.165) is 38.6 Å². The first-order valence-electron chi connectivity index (χ1n) is 11.4. The van der Waals surface area contributed by atoms with E-state index in [1.54, 1.807) is 6.21 Å². The van der Waals surface area contributed by atoms with Crippen molar-refractivity contribution in [2.45, 2.75) is 20.4 Å². The largest absolute Gasteiger partial charge is 0.507 e. The van der Waals surface area contributed by atoms with Crippen molar-refractivity contribution in [3.63, 3.8) is 0 Å². The zero-order valence-electron chi connectivity index (χ0n) is 20.0. The summed E-state index contributed by atoms with van der Waals surface area (Å²) < 4.78 is 2.04. The fraction of sp³-hybridized carbons (Fsp3) is 0.107. The Morgan fingerprint density at radius 3 is 2.65 bits per heavy atom. The zero-order valence-corrected chi connectivity index (χ0v) is 20.8. The van der Waals surface area contributed by atoms with Crippen LogP contribution >= 0.6 is 11.6 Å². The fourth-order valence-corrected chi connectivity index (χ4v) is 4.27. The number of hydrogen-bond donors (Lipinski definition) is 2. The summed E-state index contributed by atoms with van der Waals surface area (Å²) in [5.74, 6) is -0.674. The van der Waals surface area contributed by atoms with E-state index in [4.69, 9.17) is 21.8 Å². The number of hydrogen-bond acceptors (Lipinski definition) is 6. The van der Waals surface area contributed by atoms with Gasteiger partial charge in [0.05, 0.1) is 35.1 Å². The number of fused-ring (bicyclic) bond motifs is 2. The second kappa shape index (κ2) is 9.72. The van der Waals surface area contributed by atoms with Gasteiger partial charge in [0.15, 0.2) is 5.15 Å². The molecule has 5 aromatic rings. The Balaban J connectivity index is 1.38. The quantitative estimate of drug-likeness (QED) is 0.248. The molecule has 8 nitrogen and oxygen atoms in total. The number of carbonyl (C=O) groups is 1. The van der Waals surface area contributed by atoms with Crippen molar-refractivity contribution in [1.82, 2.24) is 20.0 Å². The van der Waals surface area contributed by atoms with Crippen LogP contribution in [0.15, 0.2) is 65.9 Å². The predicted molar refractivity (Wildman–Crippen MR) is 143 cm³/mol. The molecule has 2 heterocycles. The van der Waals surface area contributed by atoms with Crippen LogP contribution in [0.1, 0.15) is 38.3 Å². The van der Waals surface area contributed by atoms with Gasteiger partial charge in [-0.25, -0.2) is 15.4 Å². The standard InChI is InChI=1S/C28H21ClN6O2/c1-16-10-22-23(11-17(16)2)33-27(29)24(32-22)15-35-9-8-21-19(4-3-5-25(21)35)14-31-34-28(37)18-6-7-26(36)20(12-18)13-30/h3-12,14,36H,15H2,1-2H3,(H,34,37)/b31-14+. The maximum absolute atomic E-state index is 12.4. The number of nitrogens with one attached hydrogen (secondary N) is 1. The first-order valence-corrected chi connectivity index (χ1v) is 11.8. The number of phenols is 1. The molecule has 2 aromatic heterocycles. The smallest absolute Gasteiger partial charge is 0.271 e.